The monoisotopic (exact) mass is 2130 g/mol. The number of para-hydroxylation sites is 1. The molecule has 2 amide bonds. The van der Waals surface area contributed by atoms with Crippen LogP contribution in [0.3, 0.4) is 0 Å². The molecule has 3 aliphatic heterocycles. The van der Waals surface area contributed by atoms with Crippen LogP contribution in [0.4, 0.5) is 10.5 Å². The smallest absolute Gasteiger partial charge is 0.412 e. The molecule has 0 saturated carbocycles. The lowest BCUT2D eigenvalue weighted by Crippen LogP contribution is -2.49. The molecule has 2 fully saturated rings. The number of primary amides is 1. The molecule has 0 aliphatic carbocycles. The van der Waals surface area contributed by atoms with E-state index >= 15 is 0 Å². The lowest BCUT2D eigenvalue weighted by molar-refractivity contribution is -0.162. The van der Waals surface area contributed by atoms with Gasteiger partial charge in [0.25, 0.3) is 0 Å². The number of likely N-dealkylation sites (N-methyl/N-ethyl adjacent to an activating group) is 2. The first kappa shape index (κ1) is 151. The molecule has 2 unspecified atom stereocenters. The lowest BCUT2D eigenvalue weighted by Gasteiger charge is -2.32. The number of carboxylic acid groups (broad SMARTS) is 14. The standard InChI is InChI=1S/C15H21N3O2.C11H21N3O6.C11H12N2O2.C6H14N2O2.2C6H13NO2.C5H9NO2.C5H11NO2.C4H8N2O3.C3H7NO3.2C3H7NO2S.C3H7NO2.2C2H5NO2/c1-15-7-8-17(3)13(15)18(4)12-6-5-10(9-11(12)15)20-14(19)16-2;1-4(12)10(17)19-6(3)8(14)11(18)20-5(2)7(13)9(15)16;12-9(11(14)15)5-7-6-13-10-4-2-1-3-8(7)10;7-4-2-1-3-5(8)6(9)10;1-4(2)3-5(7)6(8)9;1-3-4(2)5(7)6(8)9;7-5(8)4-2-1-3-6-4;1-3(2)4(6)5(7)8;5-2(4(8)9)1-3(6)7;4-2(1-5)3(6)7;2*4-2(1-7)3(5)6;1-2(4)3(5)6;2*3-1-2(4)5/h5-6,9,13H,7-8H2,1-4H3,(H,16,19);4-8H,12-14H2,1-3H3,(H,15,16);1-4,6,9,13H,5,12H2,(H,14,15);5H,1-4,7-8H2,(H,9,10);2*4-5H,3,7H2,1-2H3,(H,8,9);4,6H,1-3H2,(H,7,8);3-4H,6H2,1-2H3,(H,7,8);2H,1,5H2,(H2,6,7)(H,8,9);2,5H,1,4H2,(H,6,7);2*2,7H,1,4H2,(H,5,6);2H,4H2,1H3,(H,5,6);2*1,3H2,(H,4,5)/t;4-,5+,6+,7-,8-;9-;2*5-;4-,5-;2*4-;5*2-;;/m.000000000000../s1. The highest BCUT2D eigenvalue weighted by molar-refractivity contribution is 7.80. The summed E-state index contributed by atoms with van der Waals surface area (Å²) in [5.74, 6) is -14.9. The SMILES string of the molecule is CC(C)C[C@H](N)C(=O)O.CC(C)[C@H](N)C(=O)O.CC[C@H](C)[C@H](N)C(=O)O.CNC(=O)Oc1ccc2c(c1)C1(C)CCN(C)C1N2C.C[C@H](N)C(=O)O.C[C@H](N)C(=O)O[C@H](C)[C@H](N)C(=O)O[C@H](C)[C@H](N)C(=O)O.NC(=O)C[C@H](N)C(=O)O.NCC(=O)O.NCC(=O)O.NCCCC[C@H](N)C(=O)O.N[C@@H](CO)C(=O)O.N[C@@H](CS)C(=O)O.N[C@@H](CS)C(=O)O.N[C@@H](Cc1c[nH]c2ccccc12)C(=O)O.O=C(O)[C@@H]1CCCN1. The zero-order valence-electron chi connectivity index (χ0n) is 83.8. The number of carbonyl (C=O) groups excluding carboxylic acids is 4. The number of aliphatic hydroxyl groups excluding tert-OH is 1. The number of hydrogen-bond acceptors (Lipinski definition) is 43. The van der Waals surface area contributed by atoms with Crippen LogP contribution in [0.5, 0.6) is 5.75 Å². The van der Waals surface area contributed by atoms with Crippen LogP contribution in [-0.2, 0) is 103 Å². The quantitative estimate of drug-likeness (QED) is 0.0145. The Balaban J connectivity index is -0.000000200. The number of hydrogen-bond donors (Lipinski definition) is 37. The Labute approximate surface area is 849 Å². The van der Waals surface area contributed by atoms with E-state index in [4.69, 9.17) is 171 Å². The normalized spacial score (nSPS) is 16.7. The summed E-state index contributed by atoms with van der Waals surface area (Å²) >= 11 is 7.30. The first-order valence-corrected chi connectivity index (χ1v) is 45.3. The zero-order valence-corrected chi connectivity index (χ0v) is 85.6. The number of carboxylic acids is 14. The molecule has 52 N–H and O–H groups in total. The van der Waals surface area contributed by atoms with Crippen LogP contribution in [0, 0.1) is 17.8 Å². The third-order valence-electron chi connectivity index (χ3n) is 18.9. The van der Waals surface area contributed by atoms with Crippen molar-refractivity contribution in [3.63, 3.8) is 0 Å². The second-order valence-corrected chi connectivity index (χ2v) is 33.1. The number of nitrogens with two attached hydrogens (primary N) is 17. The second kappa shape index (κ2) is 84.2. The Morgan fingerprint density at radius 1 is 0.531 bits per heavy atom. The maximum atomic E-state index is 11.7. The molecule has 4 heterocycles. The predicted molar refractivity (Wildman–Crippen MR) is 538 cm³/mol. The van der Waals surface area contributed by atoms with Crippen molar-refractivity contribution < 1.29 is 177 Å². The fourth-order valence-corrected chi connectivity index (χ4v) is 10.3. The molecule has 0 spiro atoms. The van der Waals surface area contributed by atoms with E-state index in [1.54, 1.807) is 20.9 Å². The molecule has 3 aliphatic rings. The summed E-state index contributed by atoms with van der Waals surface area (Å²) in [5, 5.41) is 128. The maximum absolute atomic E-state index is 11.7. The highest BCUT2D eigenvalue weighted by Crippen LogP contribution is 2.51. The number of carbonyl (C=O) groups is 18. The Hall–Kier alpha value is -12.0. The van der Waals surface area contributed by atoms with E-state index in [9.17, 15) is 86.3 Å². The Morgan fingerprint density at radius 2 is 0.959 bits per heavy atom. The van der Waals surface area contributed by atoms with Crippen LogP contribution >= 0.6 is 25.3 Å². The van der Waals surface area contributed by atoms with Gasteiger partial charge >= 0.3 is 102 Å². The summed E-state index contributed by atoms with van der Waals surface area (Å²) in [6.45, 7) is 20.6. The highest BCUT2D eigenvalue weighted by Gasteiger charge is 2.52. The molecule has 2 aromatic carbocycles. The molecule has 1 aromatic heterocycles. The molecule has 6 rings (SSSR count). The first-order valence-electron chi connectivity index (χ1n) is 44.0. The summed E-state index contributed by atoms with van der Waals surface area (Å²) < 4.78 is 14.9. The number of aromatic amines is 1. The molecule has 838 valence electrons. The molecule has 19 atom stereocenters. The largest absolute Gasteiger partial charge is 0.480 e. The van der Waals surface area contributed by atoms with E-state index in [-0.39, 0.29) is 54.3 Å². The number of nitrogens with one attached hydrogen (secondary N) is 3. The Bertz CT molecular complexity index is 4240. The number of ether oxygens (including phenoxy) is 3. The minimum absolute atomic E-state index is 0.0208. The van der Waals surface area contributed by atoms with E-state index in [0.717, 1.165) is 68.1 Å². The minimum Gasteiger partial charge on any atom is -0.480 e. The number of nitrogens with zero attached hydrogens (tertiary/aromatic N) is 2. The van der Waals surface area contributed by atoms with Crippen LogP contribution in [0.1, 0.15) is 145 Å². The molecule has 0 radical (unpaired) electrons. The van der Waals surface area contributed by atoms with E-state index in [0.29, 0.717) is 43.6 Å². The van der Waals surface area contributed by atoms with Crippen molar-refractivity contribution in [1.82, 2.24) is 20.5 Å². The minimum atomic E-state index is -1.37. The van der Waals surface area contributed by atoms with E-state index in [2.05, 4.69) is 88.9 Å². The number of aliphatic hydroxyl groups is 1. The number of benzene rings is 2. The van der Waals surface area contributed by atoms with E-state index < -0.39 is 205 Å². The van der Waals surface area contributed by atoms with Crippen LogP contribution in [-0.4, -0.2) is 369 Å². The van der Waals surface area contributed by atoms with Crippen molar-refractivity contribution in [3.8, 4) is 5.75 Å². The van der Waals surface area contributed by atoms with Crippen molar-refractivity contribution in [1.29, 1.82) is 0 Å². The summed E-state index contributed by atoms with van der Waals surface area (Å²) in [6.07, 6.45) is 6.20. The van der Waals surface area contributed by atoms with Gasteiger partial charge in [-0.15, -0.1) is 0 Å². The van der Waals surface area contributed by atoms with Gasteiger partial charge in [0.05, 0.1) is 32.3 Å². The summed E-state index contributed by atoms with van der Waals surface area (Å²) in [7, 11) is 5.86. The number of aliphatic carboxylic acids is 14. The molecule has 60 heteroatoms. The number of esters is 2. The van der Waals surface area contributed by atoms with Gasteiger partial charge in [0.15, 0.2) is 0 Å². The Morgan fingerprint density at radius 3 is 1.25 bits per heavy atom. The van der Waals surface area contributed by atoms with E-state index in [1.807, 2.05) is 76.4 Å². The summed E-state index contributed by atoms with van der Waals surface area (Å²) in [5.41, 5.74) is 90.4. The first-order chi connectivity index (χ1) is 66.7. The average Bonchev–Trinajstić information content (AvgIpc) is 1.56. The van der Waals surface area contributed by atoms with Crippen molar-refractivity contribution in [2.24, 2.45) is 115 Å². The van der Waals surface area contributed by atoms with Crippen molar-refractivity contribution in [2.45, 2.75) is 249 Å². The molecular weight excluding hydrogens is 1970 g/mol. The zero-order chi connectivity index (χ0) is 116. The molecular formula is C85H160N22O36S2. The van der Waals surface area contributed by atoms with Gasteiger partial charge in [0.2, 0.25) is 5.91 Å². The van der Waals surface area contributed by atoms with Gasteiger partial charge in [-0.05, 0) is 140 Å². The van der Waals surface area contributed by atoms with Gasteiger partial charge < -0.3 is 209 Å². The molecule has 0 bridgehead atoms. The molecule has 58 nitrogen and oxygen atoms in total. The van der Waals surface area contributed by atoms with E-state index in [1.165, 1.54) is 38.9 Å². The van der Waals surface area contributed by atoms with Crippen molar-refractivity contribution >= 4 is 149 Å². The highest BCUT2D eigenvalue weighted by atomic mass is 32.1. The molecule has 3 aromatic rings. The number of H-pyrrole nitrogens is 1. The number of unbranched alkanes of at least 4 members (excludes halogenated alkanes) is 1. The lowest BCUT2D eigenvalue weighted by atomic mass is 9.81. The number of rotatable bonds is 37. The number of likely N-dealkylation sites (tertiary alicyclic amines) is 1. The topological polar surface area (TPSA) is 1130 Å². The van der Waals surface area contributed by atoms with Crippen LogP contribution in [0.25, 0.3) is 10.9 Å². The molecule has 2 saturated heterocycles. The summed E-state index contributed by atoms with van der Waals surface area (Å²) in [4.78, 5) is 191. The number of anilines is 1. The van der Waals surface area contributed by atoms with Crippen molar-refractivity contribution in [2.75, 3.05) is 76.9 Å². The number of amides is 2. The van der Waals surface area contributed by atoms with Gasteiger partial charge in [-0.1, -0.05) is 79.5 Å². The van der Waals surface area contributed by atoms with Crippen LogP contribution < -0.4 is 118 Å². The number of fused-ring (bicyclic) bond motifs is 4. The number of aromatic nitrogens is 1. The average molecular weight is 2130 g/mol. The van der Waals surface area contributed by atoms with Gasteiger partial charge in [-0.3, -0.25) is 86.4 Å². The fraction of sp³-hybridized carbons (Fsp3) is 0.624. The maximum Gasteiger partial charge on any atom is 0.412 e. The second-order valence-electron chi connectivity index (χ2n) is 32.4. The van der Waals surface area contributed by atoms with Crippen molar-refractivity contribution in [3.05, 3.63) is 59.8 Å². The van der Waals surface area contributed by atoms with Gasteiger partial charge in [-0.25, -0.2) is 4.79 Å². The fourth-order valence-electron chi connectivity index (χ4n) is 9.95. The van der Waals surface area contributed by atoms with Crippen LogP contribution in [0.2, 0.25) is 0 Å². The number of thiol groups is 2. The van der Waals surface area contributed by atoms with Gasteiger partial charge in [0.1, 0.15) is 103 Å². The third-order valence-corrected chi connectivity index (χ3v) is 19.7. The molecule has 145 heavy (non-hydrogen) atoms. The predicted octanol–water partition coefficient (Wildman–Crippen LogP) is -6.08. The van der Waals surface area contributed by atoms with Gasteiger partial charge in [0, 0.05) is 66.8 Å². The third kappa shape index (κ3) is 74.5. The van der Waals surface area contributed by atoms with Gasteiger partial charge in [-0.2, -0.15) is 25.3 Å². The Kier molecular flexibility index (Phi) is 87.5. The summed E-state index contributed by atoms with van der Waals surface area (Å²) in [6, 6.07) is 1.61. The van der Waals surface area contributed by atoms with Crippen LogP contribution in [0.15, 0.2) is 48.7 Å².